The summed E-state index contributed by atoms with van der Waals surface area (Å²) in [5, 5.41) is 1.53. The van der Waals surface area contributed by atoms with Crippen molar-refractivity contribution in [2.75, 3.05) is 0 Å². The molecule has 289 valence electrons. The SMILES string of the molecule is Clc1c(Br)c(Br)c2c(c1Br)C1=NC3=NC(=NC4=NC(=NC5=NC(=NC2=N1)c1c(Br)c(Cl)c(Br)c(Br)c15)c1c(Br)c(Cl)c(Br)c(Br)c14)c1c(Br)c(Cl)c(Br)c(Br)c13.[Cu+2]. The molecule has 0 aromatic heterocycles. The van der Waals surface area contributed by atoms with E-state index in [2.05, 4.69) is 191 Å². The molecular weight excluding hydrogens is 1660 g/mol. The van der Waals surface area contributed by atoms with Gasteiger partial charge < -0.3 is 0 Å². The van der Waals surface area contributed by atoms with E-state index in [-0.39, 0.29) is 63.8 Å². The maximum Gasteiger partial charge on any atom is 2.00 e. The number of hydrogen-bond acceptors (Lipinski definition) is 8. The minimum atomic E-state index is 0. The number of fused-ring (bicyclic) bond motifs is 16. The zero-order valence-electron chi connectivity index (χ0n) is 25.9. The summed E-state index contributed by atoms with van der Waals surface area (Å²) in [5.41, 5.74) is 4.53. The first-order chi connectivity index (χ1) is 26.4. The minimum absolute atomic E-state index is 0. The van der Waals surface area contributed by atoms with Gasteiger partial charge >= 0.3 is 17.1 Å². The zero-order chi connectivity index (χ0) is 40.1. The second-order valence-corrected chi connectivity index (χ2v) is 22.5. The Labute approximate surface area is 452 Å². The quantitative estimate of drug-likeness (QED) is 0.0952. The van der Waals surface area contributed by atoms with E-state index in [1.807, 2.05) is 0 Å². The molecule has 0 N–H and O–H groups in total. The summed E-state index contributed by atoms with van der Waals surface area (Å²) in [7, 11) is 0. The molecule has 0 saturated carbocycles. The second kappa shape index (κ2) is 16.6. The molecule has 4 aromatic carbocycles. The fourth-order valence-electron chi connectivity index (χ4n) is 6.10. The standard InChI is InChI=1S/C32Br12Cl4N8.Cu/c33-9-1-5(13(37)21(45)17(9)41)29-49-25(1)53-30-6-2(10(34)18(42)22(46)14(6)38)27(50-30)55-32-8-4(12(36)20(44)24(48)16(8)40)28(52-32)56-31-7-3(26(51-31)54-29)11(35)19(43)23(47)15(7)39;/q;+2. The molecule has 0 unspecified atom stereocenters. The van der Waals surface area contributed by atoms with Crippen LogP contribution in [0, 0.1) is 0 Å². The van der Waals surface area contributed by atoms with Crippen molar-refractivity contribution in [3.05, 3.63) is 118 Å². The molecule has 1 radical (unpaired) electrons. The van der Waals surface area contributed by atoms with Gasteiger partial charge in [-0.05, 0) is 191 Å². The molecule has 8 bridgehead atoms. The first kappa shape index (κ1) is 45.3. The van der Waals surface area contributed by atoms with E-state index in [1.54, 1.807) is 0 Å². The fraction of sp³-hybridized carbons (Fsp3) is 0. The molecule has 57 heavy (non-hydrogen) atoms. The van der Waals surface area contributed by atoms with Crippen LogP contribution in [-0.2, 0) is 17.1 Å². The largest absolute Gasteiger partial charge is 2.00 e. The van der Waals surface area contributed by atoms with Crippen molar-refractivity contribution in [3.8, 4) is 0 Å². The first-order valence-corrected chi connectivity index (χ1v) is 25.6. The van der Waals surface area contributed by atoms with E-state index in [0.717, 1.165) is 0 Å². The van der Waals surface area contributed by atoms with Crippen LogP contribution in [0.15, 0.2) is 93.6 Å². The maximum atomic E-state index is 6.85. The summed E-state index contributed by atoms with van der Waals surface area (Å²) in [6, 6.07) is 0. The molecule has 0 amide bonds. The normalized spacial score (nSPS) is 15.7. The molecule has 0 aliphatic carbocycles. The van der Waals surface area contributed by atoms with E-state index >= 15 is 0 Å². The van der Waals surface area contributed by atoms with Gasteiger partial charge in [-0.15, -0.1) is 0 Å². The fourth-order valence-corrected chi connectivity index (χ4v) is 14.6. The molecule has 9 rings (SSSR count). The van der Waals surface area contributed by atoms with Gasteiger partial charge in [0.05, 0.1) is 38.0 Å². The van der Waals surface area contributed by atoms with Crippen LogP contribution in [0.3, 0.4) is 0 Å². The molecule has 4 aromatic rings. The molecule has 0 atom stereocenters. The zero-order valence-corrected chi connectivity index (χ0v) is 48.9. The number of nitrogens with zero attached hydrogens (tertiary/aromatic N) is 8. The Morgan fingerprint density at radius 2 is 0.333 bits per heavy atom. The number of aliphatic imine (C=N–C) groups is 8. The number of hydrogen-bond donors (Lipinski definition) is 0. The van der Waals surface area contributed by atoms with Crippen LogP contribution < -0.4 is 0 Å². The number of halogens is 16. The van der Waals surface area contributed by atoms with Crippen molar-refractivity contribution in [2.24, 2.45) is 39.9 Å². The minimum Gasteiger partial charge on any atom is -0.208 e. The monoisotopic (exact) mass is 1650 g/mol. The van der Waals surface area contributed by atoms with Gasteiger partial charge in [-0.1, -0.05) is 46.4 Å². The Balaban J connectivity index is 0.00000455. The smallest absolute Gasteiger partial charge is 0.208 e. The van der Waals surface area contributed by atoms with Crippen LogP contribution in [0.25, 0.3) is 0 Å². The molecule has 5 heterocycles. The van der Waals surface area contributed by atoms with Crippen molar-refractivity contribution in [1.82, 2.24) is 0 Å². The number of rotatable bonds is 0. The van der Waals surface area contributed by atoms with Crippen molar-refractivity contribution < 1.29 is 17.1 Å². The molecule has 5 aliphatic heterocycles. The number of benzene rings is 4. The van der Waals surface area contributed by atoms with Crippen LogP contribution in [0.1, 0.15) is 44.5 Å². The van der Waals surface area contributed by atoms with Gasteiger partial charge in [0.1, 0.15) is 0 Å². The topological polar surface area (TPSA) is 98.9 Å². The summed E-state index contributed by atoms with van der Waals surface area (Å²) >= 11 is 71.7. The average Bonchev–Trinajstić information content (AvgIpc) is 3.92. The van der Waals surface area contributed by atoms with E-state index in [4.69, 9.17) is 86.3 Å². The molecule has 0 saturated heterocycles. The first-order valence-electron chi connectivity index (χ1n) is 14.6. The number of amidine groups is 8. The third-order valence-electron chi connectivity index (χ3n) is 8.55. The summed E-state index contributed by atoms with van der Waals surface area (Å²) in [5.74, 6) is 2.04. The molecule has 0 fully saturated rings. The molecule has 8 nitrogen and oxygen atoms in total. The Morgan fingerprint density at radius 3 is 0.474 bits per heavy atom. The van der Waals surface area contributed by atoms with Crippen LogP contribution in [0.2, 0.25) is 20.1 Å². The van der Waals surface area contributed by atoms with Crippen molar-refractivity contribution in [2.45, 2.75) is 0 Å². The summed E-state index contributed by atoms with van der Waals surface area (Å²) in [6.45, 7) is 0. The Morgan fingerprint density at radius 1 is 0.211 bits per heavy atom. The molecule has 0 spiro atoms. The van der Waals surface area contributed by atoms with Gasteiger partial charge in [0.2, 0.25) is 0 Å². The predicted molar refractivity (Wildman–Crippen MR) is 271 cm³/mol. The molecular formula is C32Br12Cl4CuN8+2. The van der Waals surface area contributed by atoms with Crippen LogP contribution in [-0.4, -0.2) is 46.7 Å². The Kier molecular flexibility index (Phi) is 13.2. The molecule has 5 aliphatic rings. The van der Waals surface area contributed by atoms with Crippen LogP contribution in [0.5, 0.6) is 0 Å². The third-order valence-corrected chi connectivity index (χ3v) is 23.5. The van der Waals surface area contributed by atoms with Gasteiger partial charge in [0, 0.05) is 80.3 Å². The maximum absolute atomic E-state index is 6.85. The van der Waals surface area contributed by atoms with Crippen molar-refractivity contribution >= 4 is 284 Å². The van der Waals surface area contributed by atoms with Crippen LogP contribution >= 0.6 is 238 Å². The second-order valence-electron chi connectivity index (χ2n) is 11.5. The van der Waals surface area contributed by atoms with E-state index in [0.29, 0.717) is 118 Å². The Bertz CT molecular complexity index is 2580. The third kappa shape index (κ3) is 6.84. The van der Waals surface area contributed by atoms with Gasteiger partial charge in [-0.2, -0.15) is 0 Å². The van der Waals surface area contributed by atoms with Crippen molar-refractivity contribution in [3.63, 3.8) is 0 Å². The Hall–Kier alpha value is 1.68. The van der Waals surface area contributed by atoms with Crippen molar-refractivity contribution in [1.29, 1.82) is 0 Å². The van der Waals surface area contributed by atoms with Gasteiger partial charge in [-0.25, -0.2) is 39.9 Å². The van der Waals surface area contributed by atoms with E-state index in [9.17, 15) is 0 Å². The van der Waals surface area contributed by atoms with E-state index < -0.39 is 0 Å². The van der Waals surface area contributed by atoms with Gasteiger partial charge in [0.25, 0.3) is 0 Å². The average molecular weight is 1660 g/mol. The predicted octanol–water partition coefficient (Wildman–Crippen LogP) is 16.6. The summed E-state index contributed by atoms with van der Waals surface area (Å²) < 4.78 is 6.70. The molecule has 25 heteroatoms. The summed E-state index contributed by atoms with van der Waals surface area (Å²) in [6.07, 6.45) is 0. The van der Waals surface area contributed by atoms with Gasteiger partial charge in [0.15, 0.2) is 46.7 Å². The van der Waals surface area contributed by atoms with Crippen LogP contribution in [0.4, 0.5) is 0 Å². The van der Waals surface area contributed by atoms with E-state index in [1.165, 1.54) is 0 Å². The van der Waals surface area contributed by atoms with Gasteiger partial charge in [-0.3, -0.25) is 0 Å². The summed E-state index contributed by atoms with van der Waals surface area (Å²) in [4.78, 5) is 40.3.